The predicted octanol–water partition coefficient (Wildman–Crippen LogP) is 2.04. The molecule has 160 valence electrons. The van der Waals surface area contributed by atoms with Crippen molar-refractivity contribution < 1.29 is 18.3 Å². The molecule has 0 aliphatic carbocycles. The number of para-hydroxylation sites is 2. The van der Waals surface area contributed by atoms with Crippen LogP contribution in [0.4, 0.5) is 14.5 Å². The largest absolute Gasteiger partial charge is 0.433 e. The third kappa shape index (κ3) is 5.95. The number of amides is 1. The standard InChI is InChI=1S/C20H29F2N5O2/c1-2-23-20(24-13-18(28)26-10-5-6-11-26)25-15-9-12-27(14-15)16-7-3-4-8-17(16)29-19(21)22/h3-4,7-8,15,19H,2,5-6,9-14H2,1H3,(H2,23,24,25). The molecule has 2 fully saturated rings. The van der Waals surface area contributed by atoms with Gasteiger partial charge in [-0.1, -0.05) is 12.1 Å². The minimum Gasteiger partial charge on any atom is -0.433 e. The Morgan fingerprint density at radius 1 is 1.28 bits per heavy atom. The summed E-state index contributed by atoms with van der Waals surface area (Å²) in [7, 11) is 0. The third-order valence-electron chi connectivity index (χ3n) is 5.13. The number of hydrogen-bond donors (Lipinski definition) is 2. The zero-order valence-corrected chi connectivity index (χ0v) is 16.7. The van der Waals surface area contributed by atoms with Gasteiger partial charge in [0.25, 0.3) is 0 Å². The van der Waals surface area contributed by atoms with Gasteiger partial charge in [-0.3, -0.25) is 4.79 Å². The van der Waals surface area contributed by atoms with Crippen LogP contribution in [-0.2, 0) is 4.79 Å². The van der Waals surface area contributed by atoms with Crippen LogP contribution in [0.5, 0.6) is 5.75 Å². The summed E-state index contributed by atoms with van der Waals surface area (Å²) in [5.74, 6) is 0.828. The molecule has 2 saturated heterocycles. The number of aliphatic imine (C=N–C) groups is 1. The number of carbonyl (C=O) groups is 1. The fourth-order valence-electron chi connectivity index (χ4n) is 3.74. The van der Waals surface area contributed by atoms with Gasteiger partial charge < -0.3 is 25.2 Å². The van der Waals surface area contributed by atoms with Gasteiger partial charge in [0.1, 0.15) is 12.3 Å². The number of likely N-dealkylation sites (tertiary alicyclic amines) is 1. The number of benzene rings is 1. The summed E-state index contributed by atoms with van der Waals surface area (Å²) in [6.07, 6.45) is 2.94. The zero-order valence-electron chi connectivity index (χ0n) is 16.7. The Morgan fingerprint density at radius 3 is 2.76 bits per heavy atom. The number of nitrogens with zero attached hydrogens (tertiary/aromatic N) is 3. The van der Waals surface area contributed by atoms with Gasteiger partial charge in [-0.05, 0) is 38.3 Å². The van der Waals surface area contributed by atoms with E-state index in [4.69, 9.17) is 0 Å². The quantitative estimate of drug-likeness (QED) is 0.533. The second-order valence-electron chi connectivity index (χ2n) is 7.21. The molecule has 1 atom stereocenters. The van der Waals surface area contributed by atoms with Crippen LogP contribution in [0.25, 0.3) is 0 Å². The second kappa shape index (κ2) is 10.3. The summed E-state index contributed by atoms with van der Waals surface area (Å²) in [5.41, 5.74) is 0.656. The molecule has 2 aliphatic rings. The number of anilines is 1. The molecule has 0 aromatic heterocycles. The zero-order chi connectivity index (χ0) is 20.6. The first-order chi connectivity index (χ1) is 14.1. The van der Waals surface area contributed by atoms with Crippen LogP contribution < -0.4 is 20.3 Å². The molecule has 2 aliphatic heterocycles. The lowest BCUT2D eigenvalue weighted by Crippen LogP contribution is -2.45. The number of hydrogen-bond acceptors (Lipinski definition) is 4. The summed E-state index contributed by atoms with van der Waals surface area (Å²) < 4.78 is 30.0. The van der Waals surface area contributed by atoms with Gasteiger partial charge in [-0.2, -0.15) is 8.78 Å². The molecule has 7 nitrogen and oxygen atoms in total. The molecular weight excluding hydrogens is 380 g/mol. The number of nitrogens with one attached hydrogen (secondary N) is 2. The summed E-state index contributed by atoms with van der Waals surface area (Å²) in [4.78, 5) is 20.5. The first kappa shape index (κ1) is 21.1. The van der Waals surface area contributed by atoms with Gasteiger partial charge >= 0.3 is 6.61 Å². The minimum absolute atomic E-state index is 0.0471. The Bertz CT molecular complexity index is 710. The maximum Gasteiger partial charge on any atom is 0.387 e. The van der Waals surface area contributed by atoms with Crippen LogP contribution in [0.3, 0.4) is 0 Å². The number of halogens is 2. The summed E-state index contributed by atoms with van der Waals surface area (Å²) in [6, 6.07) is 6.92. The lowest BCUT2D eigenvalue weighted by atomic mass is 10.2. The lowest BCUT2D eigenvalue weighted by Gasteiger charge is -2.22. The average molecular weight is 409 g/mol. The molecule has 1 aromatic rings. The maximum atomic E-state index is 12.7. The molecule has 0 spiro atoms. The number of guanidine groups is 1. The monoisotopic (exact) mass is 409 g/mol. The Kier molecular flexibility index (Phi) is 7.48. The molecular formula is C20H29F2N5O2. The van der Waals surface area contributed by atoms with Crippen molar-refractivity contribution in [1.82, 2.24) is 15.5 Å². The normalized spacial score (nSPS) is 19.7. The Hall–Kier alpha value is -2.58. The van der Waals surface area contributed by atoms with Crippen LogP contribution >= 0.6 is 0 Å². The SMILES string of the molecule is CCNC(=NCC(=O)N1CCCC1)NC1CCN(c2ccccc2OC(F)F)C1. The molecule has 9 heteroatoms. The topological polar surface area (TPSA) is 69.2 Å². The summed E-state index contributed by atoms with van der Waals surface area (Å²) >= 11 is 0. The van der Waals surface area contributed by atoms with E-state index in [2.05, 4.69) is 20.4 Å². The summed E-state index contributed by atoms with van der Waals surface area (Å²) in [5, 5.41) is 6.53. The number of carbonyl (C=O) groups excluding carboxylic acids is 1. The van der Waals surface area contributed by atoms with E-state index < -0.39 is 6.61 Å². The van der Waals surface area contributed by atoms with Crippen molar-refractivity contribution in [1.29, 1.82) is 0 Å². The number of ether oxygens (including phenoxy) is 1. The van der Waals surface area contributed by atoms with Crippen molar-refractivity contribution in [2.75, 3.05) is 44.2 Å². The van der Waals surface area contributed by atoms with Gasteiger partial charge in [0.2, 0.25) is 5.91 Å². The molecule has 2 heterocycles. The van der Waals surface area contributed by atoms with Crippen molar-refractivity contribution >= 4 is 17.6 Å². The lowest BCUT2D eigenvalue weighted by molar-refractivity contribution is -0.128. The number of alkyl halides is 2. The van der Waals surface area contributed by atoms with Gasteiger partial charge in [-0.25, -0.2) is 4.99 Å². The van der Waals surface area contributed by atoms with E-state index in [0.29, 0.717) is 31.3 Å². The van der Waals surface area contributed by atoms with Gasteiger partial charge in [-0.15, -0.1) is 0 Å². The van der Waals surface area contributed by atoms with Crippen molar-refractivity contribution in [2.45, 2.75) is 38.8 Å². The Morgan fingerprint density at radius 2 is 2.03 bits per heavy atom. The van der Waals surface area contributed by atoms with E-state index in [1.807, 2.05) is 22.8 Å². The summed E-state index contributed by atoms with van der Waals surface area (Å²) in [6.45, 7) is 2.90. The second-order valence-corrected chi connectivity index (χ2v) is 7.21. The maximum absolute atomic E-state index is 12.7. The van der Waals surface area contributed by atoms with Crippen LogP contribution in [0.15, 0.2) is 29.3 Å². The molecule has 1 aromatic carbocycles. The fourth-order valence-corrected chi connectivity index (χ4v) is 3.74. The van der Waals surface area contributed by atoms with E-state index in [1.54, 1.807) is 18.2 Å². The van der Waals surface area contributed by atoms with Gasteiger partial charge in [0.05, 0.1) is 5.69 Å². The van der Waals surface area contributed by atoms with E-state index in [1.165, 1.54) is 0 Å². The molecule has 29 heavy (non-hydrogen) atoms. The molecule has 2 N–H and O–H groups in total. The van der Waals surface area contributed by atoms with Crippen LogP contribution in [0.1, 0.15) is 26.2 Å². The predicted molar refractivity (Wildman–Crippen MR) is 109 cm³/mol. The Labute approximate surface area is 170 Å². The van der Waals surface area contributed by atoms with Crippen molar-refractivity contribution in [3.05, 3.63) is 24.3 Å². The highest BCUT2D eigenvalue weighted by Crippen LogP contribution is 2.31. The minimum atomic E-state index is -2.85. The van der Waals surface area contributed by atoms with E-state index in [9.17, 15) is 13.6 Å². The highest BCUT2D eigenvalue weighted by molar-refractivity contribution is 5.85. The van der Waals surface area contributed by atoms with Crippen molar-refractivity contribution in [3.8, 4) is 5.75 Å². The van der Waals surface area contributed by atoms with Crippen LogP contribution in [0.2, 0.25) is 0 Å². The average Bonchev–Trinajstić information content (AvgIpc) is 3.38. The molecule has 0 saturated carbocycles. The van der Waals surface area contributed by atoms with Gasteiger partial charge in [0, 0.05) is 38.8 Å². The fraction of sp³-hybridized carbons (Fsp3) is 0.600. The molecule has 0 radical (unpaired) electrons. The number of rotatable bonds is 7. The van der Waals surface area contributed by atoms with Gasteiger partial charge in [0.15, 0.2) is 5.96 Å². The van der Waals surface area contributed by atoms with Crippen LogP contribution in [0, 0.1) is 0 Å². The molecule has 3 rings (SSSR count). The third-order valence-corrected chi connectivity index (χ3v) is 5.13. The van der Waals surface area contributed by atoms with Crippen LogP contribution in [-0.4, -0.2) is 68.7 Å². The molecule has 0 bridgehead atoms. The smallest absolute Gasteiger partial charge is 0.387 e. The van der Waals surface area contributed by atoms with E-state index in [0.717, 1.165) is 32.4 Å². The first-order valence-corrected chi connectivity index (χ1v) is 10.2. The first-order valence-electron chi connectivity index (χ1n) is 10.2. The highest BCUT2D eigenvalue weighted by Gasteiger charge is 2.26. The molecule has 1 unspecified atom stereocenters. The van der Waals surface area contributed by atoms with E-state index in [-0.39, 0.29) is 24.2 Å². The van der Waals surface area contributed by atoms with E-state index >= 15 is 0 Å². The molecule has 1 amide bonds. The highest BCUT2D eigenvalue weighted by atomic mass is 19.3. The van der Waals surface area contributed by atoms with Crippen molar-refractivity contribution in [2.24, 2.45) is 4.99 Å². The Balaban J connectivity index is 1.58. The van der Waals surface area contributed by atoms with Crippen molar-refractivity contribution in [3.63, 3.8) is 0 Å².